The van der Waals surface area contributed by atoms with Crippen LogP contribution in [0.5, 0.6) is 0 Å². The second kappa shape index (κ2) is 5.90. The number of hydrogen-bond acceptors (Lipinski definition) is 3. The zero-order valence-corrected chi connectivity index (χ0v) is 12.3. The van der Waals surface area contributed by atoms with Crippen molar-refractivity contribution in [1.82, 2.24) is 4.90 Å². The third kappa shape index (κ3) is 2.95. The molecule has 112 valence electrons. The summed E-state index contributed by atoms with van der Waals surface area (Å²) in [6.07, 6.45) is 3.76. The molecule has 0 radical (unpaired) electrons. The summed E-state index contributed by atoms with van der Waals surface area (Å²) in [5.74, 6) is 0.421. The monoisotopic (exact) mass is 287 g/mol. The van der Waals surface area contributed by atoms with Gasteiger partial charge in [-0.15, -0.1) is 0 Å². The Labute approximate surface area is 124 Å². The van der Waals surface area contributed by atoms with Crippen LogP contribution < -0.4 is 0 Å². The number of carbonyl (C=O) groups is 1. The van der Waals surface area contributed by atoms with E-state index in [1.807, 2.05) is 24.3 Å². The van der Waals surface area contributed by atoms with Crippen molar-refractivity contribution >= 4 is 16.9 Å². The molecule has 1 saturated carbocycles. The van der Waals surface area contributed by atoms with Gasteiger partial charge in [0.05, 0.1) is 6.10 Å². The minimum absolute atomic E-state index is 0.121. The number of aliphatic hydroxyl groups is 1. The fraction of sp³-hybridized carbons (Fsp3) is 0.471. The molecule has 2 atom stereocenters. The summed E-state index contributed by atoms with van der Waals surface area (Å²) in [6.45, 7) is 0.580. The van der Waals surface area contributed by atoms with Crippen LogP contribution >= 0.6 is 0 Å². The van der Waals surface area contributed by atoms with Crippen molar-refractivity contribution < 1.29 is 14.3 Å². The fourth-order valence-electron chi connectivity index (χ4n) is 3.11. The first kappa shape index (κ1) is 14.1. The maximum Gasteiger partial charge on any atom is 0.289 e. The zero-order valence-electron chi connectivity index (χ0n) is 12.3. The van der Waals surface area contributed by atoms with E-state index < -0.39 is 0 Å². The van der Waals surface area contributed by atoms with E-state index >= 15 is 0 Å². The van der Waals surface area contributed by atoms with Crippen molar-refractivity contribution in [2.75, 3.05) is 13.6 Å². The van der Waals surface area contributed by atoms with Gasteiger partial charge in [-0.3, -0.25) is 4.79 Å². The molecular formula is C17H21NO3. The van der Waals surface area contributed by atoms with E-state index in [-0.39, 0.29) is 17.9 Å². The number of amides is 1. The van der Waals surface area contributed by atoms with Crippen LogP contribution in [0.15, 0.2) is 34.7 Å². The summed E-state index contributed by atoms with van der Waals surface area (Å²) < 4.78 is 5.61. The maximum atomic E-state index is 12.4. The molecule has 2 aromatic rings. The number of carbonyl (C=O) groups excluding carboxylic acids is 1. The molecule has 1 N–H and O–H groups in total. The normalized spacial score (nSPS) is 22.4. The summed E-state index contributed by atoms with van der Waals surface area (Å²) in [4.78, 5) is 14.1. The van der Waals surface area contributed by atoms with Crippen molar-refractivity contribution in [3.63, 3.8) is 0 Å². The predicted molar refractivity (Wildman–Crippen MR) is 81.1 cm³/mol. The van der Waals surface area contributed by atoms with Crippen molar-refractivity contribution in [3.8, 4) is 0 Å². The molecule has 0 spiro atoms. The van der Waals surface area contributed by atoms with Crippen LogP contribution in [0.25, 0.3) is 11.0 Å². The average molecular weight is 287 g/mol. The van der Waals surface area contributed by atoms with Crippen LogP contribution in [0.1, 0.15) is 36.2 Å². The molecule has 4 nitrogen and oxygen atoms in total. The zero-order chi connectivity index (χ0) is 14.8. The standard InChI is InChI=1S/C17H21NO3/c1-18(11-13-7-2-4-8-14(13)19)17(20)16-10-12-6-3-5-9-15(12)21-16/h3,5-6,9-10,13-14,19H,2,4,7-8,11H2,1H3. The summed E-state index contributed by atoms with van der Waals surface area (Å²) in [6, 6.07) is 9.39. The van der Waals surface area contributed by atoms with Crippen LogP contribution in [-0.4, -0.2) is 35.6 Å². The Bertz CT molecular complexity index is 601. The third-order valence-electron chi connectivity index (χ3n) is 4.36. The van der Waals surface area contributed by atoms with Gasteiger partial charge in [0.15, 0.2) is 5.76 Å². The molecule has 3 rings (SSSR count). The lowest BCUT2D eigenvalue weighted by atomic mass is 9.86. The Morgan fingerprint density at radius 3 is 2.86 bits per heavy atom. The highest BCUT2D eigenvalue weighted by molar-refractivity contribution is 5.95. The van der Waals surface area contributed by atoms with Gasteiger partial charge in [-0.25, -0.2) is 0 Å². The molecule has 1 fully saturated rings. The molecule has 0 saturated heterocycles. The van der Waals surface area contributed by atoms with Gasteiger partial charge in [-0.1, -0.05) is 31.0 Å². The van der Waals surface area contributed by atoms with Crippen molar-refractivity contribution in [1.29, 1.82) is 0 Å². The minimum Gasteiger partial charge on any atom is -0.451 e. The van der Waals surface area contributed by atoms with Crippen LogP contribution in [0.2, 0.25) is 0 Å². The van der Waals surface area contributed by atoms with Crippen LogP contribution in [0.3, 0.4) is 0 Å². The molecule has 21 heavy (non-hydrogen) atoms. The number of benzene rings is 1. The summed E-state index contributed by atoms with van der Waals surface area (Å²) in [5, 5.41) is 11.0. The van der Waals surface area contributed by atoms with E-state index in [2.05, 4.69) is 0 Å². The highest BCUT2D eigenvalue weighted by Gasteiger charge is 2.26. The van der Waals surface area contributed by atoms with Crippen LogP contribution in [0.4, 0.5) is 0 Å². The second-order valence-corrected chi connectivity index (χ2v) is 5.95. The largest absolute Gasteiger partial charge is 0.451 e. The Kier molecular flexibility index (Phi) is 3.97. The van der Waals surface area contributed by atoms with Gasteiger partial charge in [0, 0.05) is 24.9 Å². The van der Waals surface area contributed by atoms with Gasteiger partial charge < -0.3 is 14.4 Å². The SMILES string of the molecule is CN(CC1CCCCC1O)C(=O)c1cc2ccccc2o1. The maximum absolute atomic E-state index is 12.4. The van der Waals surface area contributed by atoms with Gasteiger partial charge in [0.2, 0.25) is 0 Å². The first-order valence-corrected chi connectivity index (χ1v) is 7.57. The lowest BCUT2D eigenvalue weighted by Crippen LogP contribution is -2.37. The van der Waals surface area contributed by atoms with Crippen molar-refractivity contribution in [2.45, 2.75) is 31.8 Å². The molecule has 1 amide bonds. The van der Waals surface area contributed by atoms with Gasteiger partial charge in [-0.05, 0) is 25.0 Å². The van der Waals surface area contributed by atoms with E-state index in [0.29, 0.717) is 12.3 Å². The lowest BCUT2D eigenvalue weighted by Gasteiger charge is -2.30. The Balaban J connectivity index is 1.71. The van der Waals surface area contributed by atoms with E-state index in [9.17, 15) is 9.90 Å². The number of rotatable bonds is 3. The molecule has 0 bridgehead atoms. The highest BCUT2D eigenvalue weighted by Crippen LogP contribution is 2.26. The Morgan fingerprint density at radius 1 is 1.33 bits per heavy atom. The molecule has 1 aromatic heterocycles. The molecular weight excluding hydrogens is 266 g/mol. The predicted octanol–water partition coefficient (Wildman–Crippen LogP) is 3.06. The van der Waals surface area contributed by atoms with Crippen LogP contribution in [-0.2, 0) is 0 Å². The first-order valence-electron chi connectivity index (χ1n) is 7.57. The van der Waals surface area contributed by atoms with Crippen LogP contribution in [0, 0.1) is 5.92 Å². The number of fused-ring (bicyclic) bond motifs is 1. The molecule has 0 aliphatic heterocycles. The molecule has 2 unspecified atom stereocenters. The quantitative estimate of drug-likeness (QED) is 0.944. The summed E-state index contributed by atoms with van der Waals surface area (Å²) >= 11 is 0. The number of nitrogens with zero attached hydrogens (tertiary/aromatic N) is 1. The second-order valence-electron chi connectivity index (χ2n) is 5.95. The summed E-state index contributed by atoms with van der Waals surface area (Å²) in [5.41, 5.74) is 0.729. The topological polar surface area (TPSA) is 53.7 Å². The lowest BCUT2D eigenvalue weighted by molar-refractivity contribution is 0.0438. The van der Waals surface area contributed by atoms with Gasteiger partial charge in [0.1, 0.15) is 5.58 Å². The van der Waals surface area contributed by atoms with Gasteiger partial charge in [-0.2, -0.15) is 0 Å². The van der Waals surface area contributed by atoms with E-state index in [0.717, 1.165) is 36.7 Å². The highest BCUT2D eigenvalue weighted by atomic mass is 16.3. The van der Waals surface area contributed by atoms with E-state index in [1.165, 1.54) is 0 Å². The smallest absolute Gasteiger partial charge is 0.289 e. The fourth-order valence-corrected chi connectivity index (χ4v) is 3.11. The van der Waals surface area contributed by atoms with E-state index in [1.54, 1.807) is 18.0 Å². The van der Waals surface area contributed by atoms with Gasteiger partial charge >= 0.3 is 0 Å². The molecule has 1 aliphatic rings. The number of furan rings is 1. The molecule has 1 heterocycles. The minimum atomic E-state index is -0.287. The Hall–Kier alpha value is -1.81. The van der Waals surface area contributed by atoms with Crippen molar-refractivity contribution in [2.24, 2.45) is 5.92 Å². The molecule has 4 heteroatoms. The number of hydrogen-bond donors (Lipinski definition) is 1. The summed E-state index contributed by atoms with van der Waals surface area (Å²) in [7, 11) is 1.77. The Morgan fingerprint density at radius 2 is 2.10 bits per heavy atom. The number of aliphatic hydroxyl groups excluding tert-OH is 1. The van der Waals surface area contributed by atoms with E-state index in [4.69, 9.17) is 4.42 Å². The van der Waals surface area contributed by atoms with Crippen molar-refractivity contribution in [3.05, 3.63) is 36.1 Å². The number of para-hydroxylation sites is 1. The third-order valence-corrected chi connectivity index (χ3v) is 4.36. The van der Waals surface area contributed by atoms with Gasteiger partial charge in [0.25, 0.3) is 5.91 Å². The molecule has 1 aromatic carbocycles. The average Bonchev–Trinajstić information content (AvgIpc) is 2.92. The first-order chi connectivity index (χ1) is 10.1. The molecule has 1 aliphatic carbocycles.